The zero-order valence-electron chi connectivity index (χ0n) is 12.2. The van der Waals surface area contributed by atoms with Crippen molar-refractivity contribution < 1.29 is 9.18 Å². The van der Waals surface area contributed by atoms with Gasteiger partial charge in [0.15, 0.2) is 0 Å². The van der Waals surface area contributed by atoms with Crippen LogP contribution >= 0.6 is 11.3 Å². The van der Waals surface area contributed by atoms with E-state index in [0.29, 0.717) is 19.6 Å². The number of aryl methyl sites for hydroxylation is 1. The molecule has 0 atom stereocenters. The summed E-state index contributed by atoms with van der Waals surface area (Å²) in [5.41, 5.74) is 1.98. The molecule has 0 aliphatic heterocycles. The number of nitrogens with one attached hydrogen (secondary N) is 1. The van der Waals surface area contributed by atoms with Gasteiger partial charge in [0.05, 0.1) is 6.54 Å². The number of urea groups is 1. The Morgan fingerprint density at radius 2 is 2.19 bits per heavy atom. The molecule has 0 aliphatic rings. The first-order chi connectivity index (χ1) is 10.1. The van der Waals surface area contributed by atoms with Gasteiger partial charge in [-0.05, 0) is 48.6 Å². The van der Waals surface area contributed by atoms with Gasteiger partial charge in [0, 0.05) is 18.0 Å². The number of nitrogens with zero attached hydrogens (tertiary/aromatic N) is 1. The summed E-state index contributed by atoms with van der Waals surface area (Å²) in [5.74, 6) is -0.279. The zero-order valence-corrected chi connectivity index (χ0v) is 13.0. The number of benzene rings is 1. The number of thiophene rings is 1. The minimum atomic E-state index is -0.279. The molecule has 2 rings (SSSR count). The van der Waals surface area contributed by atoms with Crippen LogP contribution in [0.1, 0.15) is 22.9 Å². The third kappa shape index (κ3) is 4.29. The molecule has 0 saturated carbocycles. The summed E-state index contributed by atoms with van der Waals surface area (Å²) in [5, 5.41) is 4.93. The molecule has 1 N–H and O–H groups in total. The van der Waals surface area contributed by atoms with E-state index in [2.05, 4.69) is 5.32 Å². The predicted octanol–water partition coefficient (Wildman–Crippen LogP) is 3.93. The summed E-state index contributed by atoms with van der Waals surface area (Å²) < 4.78 is 13.2. The van der Waals surface area contributed by atoms with Crippen molar-refractivity contribution in [2.45, 2.75) is 26.9 Å². The third-order valence-electron chi connectivity index (χ3n) is 3.30. The lowest BCUT2D eigenvalue weighted by Gasteiger charge is -2.21. The van der Waals surface area contributed by atoms with Gasteiger partial charge >= 0.3 is 6.03 Å². The molecule has 0 fully saturated rings. The molecule has 112 valence electrons. The van der Waals surface area contributed by atoms with Crippen LogP contribution in [0.5, 0.6) is 0 Å². The van der Waals surface area contributed by atoms with Crippen LogP contribution in [0.2, 0.25) is 0 Å². The summed E-state index contributed by atoms with van der Waals surface area (Å²) in [4.78, 5) is 15.0. The molecular formula is C16H19FN2OS. The Hall–Kier alpha value is -1.88. The van der Waals surface area contributed by atoms with E-state index >= 15 is 0 Å². The molecule has 0 unspecified atom stereocenters. The third-order valence-corrected chi connectivity index (χ3v) is 4.32. The normalized spacial score (nSPS) is 10.4. The van der Waals surface area contributed by atoms with Crippen LogP contribution in [-0.2, 0) is 13.1 Å². The van der Waals surface area contributed by atoms with E-state index in [9.17, 15) is 9.18 Å². The van der Waals surface area contributed by atoms with E-state index in [1.54, 1.807) is 22.3 Å². The largest absolute Gasteiger partial charge is 0.333 e. The summed E-state index contributed by atoms with van der Waals surface area (Å²) in [6.07, 6.45) is 0. The smallest absolute Gasteiger partial charge is 0.317 e. The van der Waals surface area contributed by atoms with E-state index in [1.807, 2.05) is 31.4 Å². The Morgan fingerprint density at radius 3 is 2.81 bits per heavy atom. The molecule has 0 saturated heterocycles. The first kappa shape index (κ1) is 15.5. The molecule has 0 bridgehead atoms. The molecule has 3 nitrogen and oxygen atoms in total. The Balaban J connectivity index is 1.94. The second-order valence-corrected chi connectivity index (χ2v) is 5.83. The number of rotatable bonds is 5. The van der Waals surface area contributed by atoms with E-state index in [4.69, 9.17) is 0 Å². The highest BCUT2D eigenvalue weighted by molar-refractivity contribution is 7.10. The lowest BCUT2D eigenvalue weighted by atomic mass is 10.2. The fraction of sp³-hybridized carbons (Fsp3) is 0.312. The van der Waals surface area contributed by atoms with Gasteiger partial charge in [-0.3, -0.25) is 0 Å². The van der Waals surface area contributed by atoms with Gasteiger partial charge < -0.3 is 10.2 Å². The molecule has 0 radical (unpaired) electrons. The molecule has 1 aromatic carbocycles. The van der Waals surface area contributed by atoms with Crippen LogP contribution in [0.15, 0.2) is 35.7 Å². The summed E-state index contributed by atoms with van der Waals surface area (Å²) in [6.45, 7) is 5.45. The van der Waals surface area contributed by atoms with Crippen molar-refractivity contribution in [3.63, 3.8) is 0 Å². The van der Waals surface area contributed by atoms with Crippen LogP contribution in [0, 0.1) is 12.7 Å². The zero-order chi connectivity index (χ0) is 15.2. The van der Waals surface area contributed by atoms with Gasteiger partial charge in [0.1, 0.15) is 5.82 Å². The fourth-order valence-corrected chi connectivity index (χ4v) is 2.88. The van der Waals surface area contributed by atoms with E-state index in [-0.39, 0.29) is 11.8 Å². The average Bonchev–Trinajstić information content (AvgIpc) is 2.87. The van der Waals surface area contributed by atoms with Gasteiger partial charge in [0.25, 0.3) is 0 Å². The summed E-state index contributed by atoms with van der Waals surface area (Å²) >= 11 is 1.63. The van der Waals surface area contributed by atoms with E-state index in [1.165, 1.54) is 17.7 Å². The highest BCUT2D eigenvalue weighted by Gasteiger charge is 2.12. The summed E-state index contributed by atoms with van der Waals surface area (Å²) in [7, 11) is 0. The maximum atomic E-state index is 13.2. The SMILES string of the molecule is CCN(Cc1cccc(F)c1)C(=O)NCc1sccc1C. The molecule has 2 amide bonds. The van der Waals surface area contributed by atoms with Gasteiger partial charge in [-0.2, -0.15) is 0 Å². The maximum Gasteiger partial charge on any atom is 0.317 e. The highest BCUT2D eigenvalue weighted by Crippen LogP contribution is 2.15. The second-order valence-electron chi connectivity index (χ2n) is 4.83. The number of halogens is 1. The van der Waals surface area contributed by atoms with Crippen molar-refractivity contribution in [3.8, 4) is 0 Å². The molecule has 0 spiro atoms. The van der Waals surface area contributed by atoms with Crippen molar-refractivity contribution in [1.29, 1.82) is 0 Å². The molecule has 5 heteroatoms. The Kier molecular flexibility index (Phi) is 5.33. The minimum Gasteiger partial charge on any atom is -0.333 e. The van der Waals surface area contributed by atoms with Crippen LogP contribution in [0.25, 0.3) is 0 Å². The standard InChI is InChI=1S/C16H19FN2OS/c1-3-19(11-13-5-4-6-14(17)9-13)16(20)18-10-15-12(2)7-8-21-15/h4-9H,3,10-11H2,1-2H3,(H,18,20). The predicted molar refractivity (Wildman–Crippen MR) is 83.8 cm³/mol. The van der Waals surface area contributed by atoms with E-state index in [0.717, 1.165) is 10.4 Å². The topological polar surface area (TPSA) is 32.3 Å². The van der Waals surface area contributed by atoms with Crippen molar-refractivity contribution >= 4 is 17.4 Å². The number of carbonyl (C=O) groups excluding carboxylic acids is 1. The van der Waals surface area contributed by atoms with Crippen LogP contribution in [-0.4, -0.2) is 17.5 Å². The van der Waals surface area contributed by atoms with Crippen molar-refractivity contribution in [1.82, 2.24) is 10.2 Å². The molecule has 1 heterocycles. The molecule has 0 aliphatic carbocycles. The first-order valence-corrected chi connectivity index (χ1v) is 7.78. The van der Waals surface area contributed by atoms with Crippen molar-refractivity contribution in [2.75, 3.05) is 6.54 Å². The lowest BCUT2D eigenvalue weighted by Crippen LogP contribution is -2.39. The number of amides is 2. The van der Waals surface area contributed by atoms with Crippen LogP contribution in [0.4, 0.5) is 9.18 Å². The van der Waals surface area contributed by atoms with Gasteiger partial charge in [-0.25, -0.2) is 9.18 Å². The van der Waals surface area contributed by atoms with Gasteiger partial charge in [-0.15, -0.1) is 11.3 Å². The highest BCUT2D eigenvalue weighted by atomic mass is 32.1. The second kappa shape index (κ2) is 7.22. The maximum absolute atomic E-state index is 13.2. The van der Waals surface area contributed by atoms with Crippen molar-refractivity contribution in [3.05, 3.63) is 57.5 Å². The number of carbonyl (C=O) groups is 1. The Morgan fingerprint density at radius 1 is 1.38 bits per heavy atom. The van der Waals surface area contributed by atoms with Crippen molar-refractivity contribution in [2.24, 2.45) is 0 Å². The minimum absolute atomic E-state index is 0.130. The summed E-state index contributed by atoms with van der Waals surface area (Å²) in [6, 6.07) is 8.25. The van der Waals surface area contributed by atoms with Crippen LogP contribution < -0.4 is 5.32 Å². The van der Waals surface area contributed by atoms with E-state index < -0.39 is 0 Å². The van der Waals surface area contributed by atoms with Gasteiger partial charge in [-0.1, -0.05) is 12.1 Å². The molecule has 2 aromatic rings. The van der Waals surface area contributed by atoms with Gasteiger partial charge in [0.2, 0.25) is 0 Å². The molecular weight excluding hydrogens is 287 g/mol. The number of hydrogen-bond acceptors (Lipinski definition) is 2. The lowest BCUT2D eigenvalue weighted by molar-refractivity contribution is 0.197. The first-order valence-electron chi connectivity index (χ1n) is 6.90. The monoisotopic (exact) mass is 306 g/mol. The molecule has 21 heavy (non-hydrogen) atoms. The Labute approximate surface area is 128 Å². The van der Waals surface area contributed by atoms with Crippen LogP contribution in [0.3, 0.4) is 0 Å². The quantitative estimate of drug-likeness (QED) is 0.892. The average molecular weight is 306 g/mol. The number of hydrogen-bond donors (Lipinski definition) is 1. The molecule has 1 aromatic heterocycles. The Bertz CT molecular complexity index is 612. The fourth-order valence-electron chi connectivity index (χ4n) is 2.04.